The van der Waals surface area contributed by atoms with Gasteiger partial charge in [-0.25, -0.2) is 13.2 Å². The van der Waals surface area contributed by atoms with Crippen molar-refractivity contribution in [1.29, 1.82) is 0 Å². The van der Waals surface area contributed by atoms with Crippen molar-refractivity contribution in [3.8, 4) is 0 Å². The van der Waals surface area contributed by atoms with Crippen LogP contribution in [0.3, 0.4) is 0 Å². The van der Waals surface area contributed by atoms with Crippen molar-refractivity contribution in [3.05, 3.63) is 52.6 Å². The van der Waals surface area contributed by atoms with Gasteiger partial charge in [-0.05, 0) is 43.4 Å². The first-order valence-electron chi connectivity index (χ1n) is 8.63. The van der Waals surface area contributed by atoms with Crippen LogP contribution in [0.4, 0.5) is 13.2 Å². The molecule has 1 atom stereocenters. The van der Waals surface area contributed by atoms with Crippen LogP contribution < -0.4 is 0 Å². The number of hydrogen-bond donors (Lipinski definition) is 1. The fourth-order valence-electron chi connectivity index (χ4n) is 3.34. The number of aliphatic hydroxyl groups is 1. The molecule has 1 fully saturated rings. The maximum Gasteiger partial charge on any atom is 0.260 e. The van der Waals surface area contributed by atoms with E-state index in [0.29, 0.717) is 30.4 Å². The molecule has 8 heteroatoms. The van der Waals surface area contributed by atoms with Crippen molar-refractivity contribution in [2.24, 2.45) is 5.92 Å². The Morgan fingerprint density at radius 1 is 1.19 bits per heavy atom. The number of aromatic nitrogens is 2. The van der Waals surface area contributed by atoms with Gasteiger partial charge < -0.3 is 10.0 Å². The molecule has 0 spiro atoms. The smallest absolute Gasteiger partial charge is 0.260 e. The standard InChI is InChI=1S/C18H18F3N3O2/c19-12-4-5-13(20)16(21)15(12)18(26)23-6-1-7-24-11(9-23)8-14(22-24)17(25)10-2-3-10/h4-5,8,10,17,25H,1-3,6-7,9H2. The number of hydrogen-bond acceptors (Lipinski definition) is 3. The van der Waals surface area contributed by atoms with Crippen LogP contribution in [0.25, 0.3) is 0 Å². The van der Waals surface area contributed by atoms with Gasteiger partial charge in [0.25, 0.3) is 5.91 Å². The third-order valence-electron chi connectivity index (χ3n) is 4.95. The minimum absolute atomic E-state index is 0.0958. The van der Waals surface area contributed by atoms with Gasteiger partial charge in [-0.3, -0.25) is 9.48 Å². The number of carbonyl (C=O) groups excluding carboxylic acids is 1. The van der Waals surface area contributed by atoms with Crippen molar-refractivity contribution >= 4 is 5.91 Å². The summed E-state index contributed by atoms with van der Waals surface area (Å²) in [5, 5.41) is 14.6. The number of amides is 1. The van der Waals surface area contributed by atoms with Crippen LogP contribution in [-0.4, -0.2) is 32.2 Å². The Morgan fingerprint density at radius 2 is 1.92 bits per heavy atom. The maximum absolute atomic E-state index is 14.0. The lowest BCUT2D eigenvalue weighted by Crippen LogP contribution is -2.32. The molecule has 1 aliphatic heterocycles. The molecule has 0 saturated heterocycles. The molecule has 138 valence electrons. The van der Waals surface area contributed by atoms with Crippen molar-refractivity contribution < 1.29 is 23.1 Å². The SMILES string of the molecule is O=C(c1c(F)ccc(F)c1F)N1CCCn2nc(C(O)C3CC3)cc2C1. The Morgan fingerprint density at radius 3 is 2.65 bits per heavy atom. The third-order valence-corrected chi connectivity index (χ3v) is 4.95. The molecule has 1 aliphatic carbocycles. The van der Waals surface area contributed by atoms with Crippen LogP contribution in [0.1, 0.15) is 47.1 Å². The molecule has 1 unspecified atom stereocenters. The fourth-order valence-corrected chi connectivity index (χ4v) is 3.34. The van der Waals surface area contributed by atoms with Crippen LogP contribution >= 0.6 is 0 Å². The Bertz CT molecular complexity index is 864. The predicted octanol–water partition coefficient (Wildman–Crippen LogP) is 2.79. The topological polar surface area (TPSA) is 58.4 Å². The summed E-state index contributed by atoms with van der Waals surface area (Å²) < 4.78 is 43.0. The van der Waals surface area contributed by atoms with E-state index in [-0.39, 0.29) is 19.0 Å². The van der Waals surface area contributed by atoms with Crippen molar-refractivity contribution in [2.45, 2.75) is 38.5 Å². The largest absolute Gasteiger partial charge is 0.386 e. The first-order valence-corrected chi connectivity index (χ1v) is 8.63. The fraction of sp³-hybridized carbons (Fsp3) is 0.444. The highest BCUT2D eigenvalue weighted by Gasteiger charge is 2.34. The molecule has 26 heavy (non-hydrogen) atoms. The van der Waals surface area contributed by atoms with Crippen molar-refractivity contribution in [3.63, 3.8) is 0 Å². The van der Waals surface area contributed by atoms with E-state index >= 15 is 0 Å². The summed E-state index contributed by atoms with van der Waals surface area (Å²) in [6.45, 7) is 0.904. The Hall–Kier alpha value is -2.35. The van der Waals surface area contributed by atoms with E-state index in [2.05, 4.69) is 5.10 Å². The van der Waals surface area contributed by atoms with Gasteiger partial charge in [0.05, 0.1) is 17.9 Å². The summed E-state index contributed by atoms with van der Waals surface area (Å²) >= 11 is 0. The third kappa shape index (κ3) is 2.98. The Balaban J connectivity index is 1.61. The van der Waals surface area contributed by atoms with Crippen LogP contribution in [0, 0.1) is 23.4 Å². The molecule has 0 radical (unpaired) electrons. The normalized spacial score (nSPS) is 18.4. The zero-order chi connectivity index (χ0) is 18.4. The van der Waals surface area contributed by atoms with E-state index < -0.39 is 35.0 Å². The number of halogens is 3. The van der Waals surface area contributed by atoms with Gasteiger partial charge in [0.1, 0.15) is 17.5 Å². The number of benzene rings is 1. The molecule has 1 amide bonds. The number of rotatable bonds is 3. The summed E-state index contributed by atoms with van der Waals surface area (Å²) in [5.74, 6) is -4.49. The highest BCUT2D eigenvalue weighted by atomic mass is 19.2. The van der Waals surface area contributed by atoms with Crippen LogP contribution in [0.2, 0.25) is 0 Å². The molecule has 2 aliphatic rings. The van der Waals surface area contributed by atoms with E-state index in [1.807, 2.05) is 0 Å². The van der Waals surface area contributed by atoms with Crippen LogP contribution in [0.5, 0.6) is 0 Å². The van der Waals surface area contributed by atoms with Gasteiger partial charge in [0, 0.05) is 13.1 Å². The second kappa shape index (κ2) is 6.42. The lowest BCUT2D eigenvalue weighted by Gasteiger charge is -2.20. The lowest BCUT2D eigenvalue weighted by molar-refractivity contribution is 0.0734. The number of fused-ring (bicyclic) bond motifs is 1. The van der Waals surface area contributed by atoms with Crippen molar-refractivity contribution in [1.82, 2.24) is 14.7 Å². The average molecular weight is 365 g/mol. The molecule has 2 aromatic rings. The zero-order valence-electron chi connectivity index (χ0n) is 14.0. The van der Waals surface area contributed by atoms with Gasteiger partial charge in [0.15, 0.2) is 11.6 Å². The minimum atomic E-state index is -1.47. The first-order chi connectivity index (χ1) is 12.5. The summed E-state index contributed by atoms with van der Waals surface area (Å²) in [7, 11) is 0. The minimum Gasteiger partial charge on any atom is -0.386 e. The molecule has 4 rings (SSSR count). The summed E-state index contributed by atoms with van der Waals surface area (Å²) in [5.41, 5.74) is 0.360. The average Bonchev–Trinajstić information content (AvgIpc) is 3.42. The van der Waals surface area contributed by atoms with Gasteiger partial charge in [0.2, 0.25) is 0 Å². The number of aliphatic hydroxyl groups excluding tert-OH is 1. The monoisotopic (exact) mass is 365 g/mol. The van der Waals surface area contributed by atoms with Gasteiger partial charge in [-0.1, -0.05) is 0 Å². The van der Waals surface area contributed by atoms with E-state index in [0.717, 1.165) is 18.9 Å². The number of aryl methyl sites for hydroxylation is 1. The molecular weight excluding hydrogens is 347 g/mol. The summed E-state index contributed by atoms with van der Waals surface area (Å²) in [4.78, 5) is 13.9. The van der Waals surface area contributed by atoms with E-state index in [1.165, 1.54) is 4.90 Å². The second-order valence-corrected chi connectivity index (χ2v) is 6.86. The molecular formula is C18H18F3N3O2. The van der Waals surface area contributed by atoms with Crippen LogP contribution in [0.15, 0.2) is 18.2 Å². The first kappa shape index (κ1) is 17.1. The number of nitrogens with zero attached hydrogens (tertiary/aromatic N) is 3. The summed E-state index contributed by atoms with van der Waals surface area (Å²) in [6, 6.07) is 3.13. The van der Waals surface area contributed by atoms with Crippen LogP contribution in [-0.2, 0) is 13.1 Å². The lowest BCUT2D eigenvalue weighted by atomic mass is 10.1. The van der Waals surface area contributed by atoms with Gasteiger partial charge in [-0.2, -0.15) is 5.10 Å². The van der Waals surface area contributed by atoms with E-state index in [1.54, 1.807) is 10.7 Å². The van der Waals surface area contributed by atoms with Crippen molar-refractivity contribution in [2.75, 3.05) is 6.54 Å². The summed E-state index contributed by atoms with van der Waals surface area (Å²) in [6.07, 6.45) is 1.84. The van der Waals surface area contributed by atoms with E-state index in [4.69, 9.17) is 0 Å². The zero-order valence-corrected chi connectivity index (χ0v) is 14.0. The van der Waals surface area contributed by atoms with Gasteiger partial charge >= 0.3 is 0 Å². The highest BCUT2D eigenvalue weighted by Crippen LogP contribution is 2.40. The molecule has 5 nitrogen and oxygen atoms in total. The quantitative estimate of drug-likeness (QED) is 0.851. The predicted molar refractivity (Wildman–Crippen MR) is 85.6 cm³/mol. The highest BCUT2D eigenvalue weighted by molar-refractivity contribution is 5.94. The molecule has 1 aromatic carbocycles. The molecule has 1 saturated carbocycles. The number of carbonyl (C=O) groups is 1. The molecule has 1 aromatic heterocycles. The second-order valence-electron chi connectivity index (χ2n) is 6.86. The van der Waals surface area contributed by atoms with E-state index in [9.17, 15) is 23.1 Å². The maximum atomic E-state index is 14.0. The Kier molecular flexibility index (Phi) is 4.22. The van der Waals surface area contributed by atoms with Gasteiger partial charge in [-0.15, -0.1) is 0 Å². The molecule has 1 N–H and O–H groups in total. The molecule has 0 bridgehead atoms. The Labute approximate surface area is 148 Å². The molecule has 2 heterocycles.